The third kappa shape index (κ3) is 6.03. The van der Waals surface area contributed by atoms with Gasteiger partial charge in [-0.05, 0) is 4.79 Å². The van der Waals surface area contributed by atoms with Crippen LogP contribution in [0.3, 0.4) is 0 Å². The van der Waals surface area contributed by atoms with Gasteiger partial charge in [0.15, 0.2) is 0 Å². The molecule has 7 heavy (non-hydrogen) atoms. The maximum Gasteiger partial charge on any atom is 0.224 e. The molecule has 0 aromatic carbocycles. The Morgan fingerprint density at radius 3 is 2.43 bits per heavy atom. The first-order chi connectivity index (χ1) is 3.27. The Hall–Kier alpha value is 0.0306. The maximum absolute atomic E-state index is 9.38. The summed E-state index contributed by atoms with van der Waals surface area (Å²) in [6.07, 6.45) is 1.42. The topological polar surface area (TPSA) is 29.4 Å². The van der Waals surface area contributed by atoms with Crippen LogP contribution in [-0.4, -0.2) is 36.2 Å². The molecule has 0 N–H and O–H groups in total. The van der Waals surface area contributed by atoms with E-state index in [0.29, 0.717) is 0 Å². The van der Waals surface area contributed by atoms with Gasteiger partial charge < -0.3 is 0 Å². The maximum atomic E-state index is 9.38. The summed E-state index contributed by atoms with van der Waals surface area (Å²) in [7, 11) is 6.56. The van der Waals surface area contributed by atoms with Crippen molar-refractivity contribution in [3.05, 3.63) is 0 Å². The van der Waals surface area contributed by atoms with Crippen molar-refractivity contribution in [2.45, 2.75) is 4.79 Å². The molecule has 0 heterocycles. The van der Waals surface area contributed by atoms with Crippen LogP contribution in [0.1, 0.15) is 0 Å². The fraction of sp³-hybridized carbons (Fsp3) is 0.500. The second kappa shape index (κ2) is 4.20. The van der Waals surface area contributed by atoms with Crippen molar-refractivity contribution in [2.24, 2.45) is 4.66 Å². The number of rotatable bonds is 2. The van der Waals surface area contributed by atoms with Crippen LogP contribution in [0.5, 0.6) is 0 Å². The molecule has 0 aliphatic rings. The van der Waals surface area contributed by atoms with Gasteiger partial charge in [-0.25, -0.2) is 4.79 Å². The standard InChI is InChI=1S/C2HNOSi3/c4-1-3-7-2(5)6/h2H. The Labute approximate surface area is 51.2 Å². The predicted octanol–water partition coefficient (Wildman–Crippen LogP) is -1.02. The highest BCUT2D eigenvalue weighted by Crippen LogP contribution is 1.82. The van der Waals surface area contributed by atoms with Gasteiger partial charge in [-0.2, -0.15) is 0 Å². The molecule has 8 radical (unpaired) electrons. The van der Waals surface area contributed by atoms with E-state index >= 15 is 0 Å². The summed E-state index contributed by atoms with van der Waals surface area (Å²) in [6, 6.07) is 0. The smallest absolute Gasteiger partial charge is 0.224 e. The molecule has 5 heteroatoms. The molecule has 0 saturated heterocycles. The van der Waals surface area contributed by atoms with E-state index in [4.69, 9.17) is 0 Å². The average Bonchev–Trinajstić information content (AvgIpc) is 1.61. The van der Waals surface area contributed by atoms with Gasteiger partial charge in [-0.15, -0.1) is 0 Å². The van der Waals surface area contributed by atoms with E-state index in [1.54, 1.807) is 0 Å². The van der Waals surface area contributed by atoms with Gasteiger partial charge in [-0.3, -0.25) is 4.66 Å². The van der Waals surface area contributed by atoms with Gasteiger partial charge in [0.1, 0.15) is 0 Å². The van der Waals surface area contributed by atoms with E-state index in [1.165, 1.54) is 6.08 Å². The Morgan fingerprint density at radius 1 is 1.71 bits per heavy atom. The Kier molecular flexibility index (Phi) is 4.21. The number of hydrogen-bond donors (Lipinski definition) is 0. The molecule has 0 bridgehead atoms. The summed E-state index contributed by atoms with van der Waals surface area (Å²) in [5.74, 6) is 0. The summed E-state index contributed by atoms with van der Waals surface area (Å²) in [4.78, 5) is 9.49. The van der Waals surface area contributed by atoms with Crippen LogP contribution < -0.4 is 0 Å². The van der Waals surface area contributed by atoms with E-state index in [2.05, 4.69) is 25.1 Å². The summed E-state index contributed by atoms with van der Waals surface area (Å²) < 4.78 is 3.30. The molecule has 0 aliphatic carbocycles. The zero-order valence-corrected chi connectivity index (χ0v) is 6.43. The molecule has 0 saturated carbocycles. The Bertz CT molecular complexity index is 86.9. The lowest BCUT2D eigenvalue weighted by atomic mass is 11.7. The van der Waals surface area contributed by atoms with Crippen molar-refractivity contribution in [2.75, 3.05) is 0 Å². The minimum absolute atomic E-state index is 0.112. The fourth-order valence-corrected chi connectivity index (χ4v) is 0.660. The third-order valence-corrected chi connectivity index (χ3v) is 1.49. The number of carbonyl (C=O) groups excluding carboxylic acids is 1. The molecule has 32 valence electrons. The molecule has 0 aromatic rings. The SMILES string of the molecule is O=C=N[Si]C([Si])[Si]. The molecule has 0 aliphatic heterocycles. The van der Waals surface area contributed by atoms with E-state index in [0.717, 1.165) is 0 Å². The van der Waals surface area contributed by atoms with E-state index in [1.807, 2.05) is 0 Å². The Balaban J connectivity index is 3.13. The van der Waals surface area contributed by atoms with Crippen molar-refractivity contribution in [1.82, 2.24) is 0 Å². The number of nitrogens with zero attached hydrogens (tertiary/aromatic N) is 1. The Morgan fingerprint density at radius 2 is 2.29 bits per heavy atom. The fourth-order valence-electron chi connectivity index (χ4n) is 0.0909. The molecule has 0 rings (SSSR count). The van der Waals surface area contributed by atoms with E-state index < -0.39 is 0 Å². The van der Waals surface area contributed by atoms with Gasteiger partial charge in [0.25, 0.3) is 0 Å². The van der Waals surface area contributed by atoms with Crippen LogP contribution in [0, 0.1) is 0 Å². The molecular formula is C2HNOSi3. The average molecular weight is 139 g/mol. The van der Waals surface area contributed by atoms with Crippen LogP contribution >= 0.6 is 0 Å². The van der Waals surface area contributed by atoms with Gasteiger partial charge in [-0.1, -0.05) is 0 Å². The van der Waals surface area contributed by atoms with Crippen molar-refractivity contribution in [3.8, 4) is 0 Å². The van der Waals surface area contributed by atoms with Gasteiger partial charge in [0, 0.05) is 20.5 Å². The molecule has 2 nitrogen and oxygen atoms in total. The second-order valence-corrected chi connectivity index (χ2v) is 4.71. The molecule has 0 fully saturated rings. The van der Waals surface area contributed by atoms with Crippen LogP contribution in [0.2, 0.25) is 4.79 Å². The van der Waals surface area contributed by atoms with Gasteiger partial charge in [0.05, 0.1) is 0 Å². The minimum Gasteiger partial charge on any atom is -0.250 e. The van der Waals surface area contributed by atoms with Crippen molar-refractivity contribution >= 4 is 36.2 Å². The quantitative estimate of drug-likeness (QED) is 0.274. The largest absolute Gasteiger partial charge is 0.250 e. The number of hydrogen-bond acceptors (Lipinski definition) is 2. The summed E-state index contributed by atoms with van der Waals surface area (Å²) in [5.41, 5.74) is 0. The lowest BCUT2D eigenvalue weighted by Gasteiger charge is -1.86. The predicted molar refractivity (Wildman–Crippen MR) is 29.1 cm³/mol. The van der Waals surface area contributed by atoms with Crippen molar-refractivity contribution in [1.29, 1.82) is 0 Å². The van der Waals surface area contributed by atoms with E-state index in [-0.39, 0.29) is 14.5 Å². The molecule has 0 unspecified atom stereocenters. The van der Waals surface area contributed by atoms with Crippen LogP contribution in [0.4, 0.5) is 0 Å². The van der Waals surface area contributed by atoms with Gasteiger partial charge in [0.2, 0.25) is 15.8 Å². The van der Waals surface area contributed by atoms with Crippen molar-refractivity contribution in [3.63, 3.8) is 0 Å². The highest BCUT2D eigenvalue weighted by Gasteiger charge is 1.91. The molecule has 0 atom stereocenters. The van der Waals surface area contributed by atoms with Crippen molar-refractivity contribution < 1.29 is 4.79 Å². The lowest BCUT2D eigenvalue weighted by molar-refractivity contribution is 0.566. The molecule has 0 spiro atoms. The minimum atomic E-state index is 0.112. The monoisotopic (exact) mass is 139 g/mol. The highest BCUT2D eigenvalue weighted by molar-refractivity contribution is 6.63. The van der Waals surface area contributed by atoms with Gasteiger partial charge >= 0.3 is 0 Å². The molecular weight excluding hydrogens is 138 g/mol. The van der Waals surface area contributed by atoms with Crippen LogP contribution in [0.15, 0.2) is 4.66 Å². The lowest BCUT2D eigenvalue weighted by Crippen LogP contribution is -1.98. The summed E-state index contributed by atoms with van der Waals surface area (Å²) in [6.45, 7) is 0. The molecule has 0 aromatic heterocycles. The summed E-state index contributed by atoms with van der Waals surface area (Å²) in [5, 5.41) is 0. The highest BCUT2D eigenvalue weighted by atomic mass is 28.3. The number of isocyanates is 1. The third-order valence-electron chi connectivity index (χ3n) is 0.239. The summed E-state index contributed by atoms with van der Waals surface area (Å²) >= 11 is 0. The second-order valence-electron chi connectivity index (χ2n) is 0.765. The first-order valence-corrected chi connectivity index (χ1v) is 3.70. The van der Waals surface area contributed by atoms with Crippen LogP contribution in [-0.2, 0) is 4.79 Å². The van der Waals surface area contributed by atoms with Crippen LogP contribution in [0.25, 0.3) is 0 Å². The zero-order chi connectivity index (χ0) is 5.70. The molecule has 0 amide bonds. The normalized spacial score (nSPS) is 8.43. The zero-order valence-electron chi connectivity index (χ0n) is 3.43. The first kappa shape index (κ1) is 7.03. The van der Waals surface area contributed by atoms with E-state index in [9.17, 15) is 4.79 Å². The first-order valence-electron chi connectivity index (χ1n) is 1.52.